The molecule has 2 rings (SSSR count). The molecule has 11 heteroatoms. The molecule has 206 valence electrons. The van der Waals surface area contributed by atoms with Gasteiger partial charge < -0.3 is 20.9 Å². The Hall–Kier alpha value is -3.28. The highest BCUT2D eigenvalue weighted by molar-refractivity contribution is 8.01. The van der Waals surface area contributed by atoms with Crippen LogP contribution in [0.5, 0.6) is 0 Å². The summed E-state index contributed by atoms with van der Waals surface area (Å²) in [5, 5.41) is 25.9. The third-order valence-electron chi connectivity index (χ3n) is 5.82. The van der Waals surface area contributed by atoms with Gasteiger partial charge in [-0.2, -0.15) is 10.5 Å². The SMILES string of the molecule is CCCN1C(=O)C(CNc2cccc(NC(=O)CN(C)CCC(C)C)c2)S[C@H]1C(C#N)C(=O)NCC#N.[HH].[HH].[HH]. The van der Waals surface area contributed by atoms with Crippen LogP contribution in [0.2, 0.25) is 0 Å². The molecule has 10 nitrogen and oxygen atoms in total. The van der Waals surface area contributed by atoms with E-state index in [0.29, 0.717) is 37.7 Å². The highest BCUT2D eigenvalue weighted by atomic mass is 32.2. The van der Waals surface area contributed by atoms with Crippen LogP contribution in [0.3, 0.4) is 0 Å². The van der Waals surface area contributed by atoms with Crippen LogP contribution in [0.15, 0.2) is 24.3 Å². The molecule has 0 aromatic heterocycles. The fraction of sp³-hybridized carbons (Fsp3) is 0.577. The van der Waals surface area contributed by atoms with Gasteiger partial charge in [0.15, 0.2) is 5.92 Å². The lowest BCUT2D eigenvalue weighted by atomic mass is 10.1. The Morgan fingerprint density at radius 2 is 2.00 bits per heavy atom. The largest absolute Gasteiger partial charge is 0.383 e. The van der Waals surface area contributed by atoms with Crippen molar-refractivity contribution in [1.29, 1.82) is 10.5 Å². The van der Waals surface area contributed by atoms with Gasteiger partial charge in [0, 0.05) is 28.7 Å². The molecule has 1 heterocycles. The fourth-order valence-corrected chi connectivity index (χ4v) is 5.36. The number of carbonyl (C=O) groups is 3. The molecule has 1 fully saturated rings. The maximum absolute atomic E-state index is 13.1. The zero-order valence-corrected chi connectivity index (χ0v) is 22.8. The first-order valence-electron chi connectivity index (χ1n) is 12.5. The second-order valence-corrected chi connectivity index (χ2v) is 10.8. The Labute approximate surface area is 228 Å². The van der Waals surface area contributed by atoms with Gasteiger partial charge >= 0.3 is 0 Å². The number of rotatable bonds is 14. The van der Waals surface area contributed by atoms with Crippen molar-refractivity contribution in [3.8, 4) is 12.1 Å². The number of benzene rings is 1. The van der Waals surface area contributed by atoms with E-state index >= 15 is 0 Å². The molecule has 1 saturated heterocycles. The number of nitriles is 2. The first-order valence-corrected chi connectivity index (χ1v) is 13.5. The minimum absolute atomic E-state index is 0. The predicted octanol–water partition coefficient (Wildman–Crippen LogP) is 3.21. The minimum atomic E-state index is -1.07. The number of hydrogen-bond donors (Lipinski definition) is 3. The van der Waals surface area contributed by atoms with E-state index in [0.717, 1.165) is 18.7 Å². The van der Waals surface area contributed by atoms with Crippen molar-refractivity contribution in [1.82, 2.24) is 15.1 Å². The molecule has 2 unspecified atom stereocenters. The number of anilines is 2. The average Bonchev–Trinajstić information content (AvgIpc) is 3.16. The molecular formula is C26H43N7O3S. The highest BCUT2D eigenvalue weighted by Crippen LogP contribution is 2.36. The fourth-order valence-electron chi connectivity index (χ4n) is 3.89. The van der Waals surface area contributed by atoms with Gasteiger partial charge in [-0.1, -0.05) is 26.8 Å². The van der Waals surface area contributed by atoms with Gasteiger partial charge in [-0.05, 0) is 50.6 Å². The summed E-state index contributed by atoms with van der Waals surface area (Å²) in [6.45, 7) is 7.93. The summed E-state index contributed by atoms with van der Waals surface area (Å²) in [5.41, 5.74) is 1.40. The minimum Gasteiger partial charge on any atom is -0.383 e. The number of nitrogens with zero attached hydrogens (tertiary/aromatic N) is 4. The molecule has 3 atom stereocenters. The predicted molar refractivity (Wildman–Crippen MR) is 152 cm³/mol. The summed E-state index contributed by atoms with van der Waals surface area (Å²) in [5.74, 6) is -1.28. The van der Waals surface area contributed by atoms with Crippen molar-refractivity contribution in [2.45, 2.75) is 44.2 Å². The van der Waals surface area contributed by atoms with E-state index in [1.165, 1.54) is 11.8 Å². The van der Waals surface area contributed by atoms with Crippen LogP contribution in [0.1, 0.15) is 37.9 Å². The smallest absolute Gasteiger partial charge is 0.241 e. The summed E-state index contributed by atoms with van der Waals surface area (Å²) in [6, 6.07) is 11.1. The summed E-state index contributed by atoms with van der Waals surface area (Å²) >= 11 is 1.28. The van der Waals surface area contributed by atoms with Crippen molar-refractivity contribution in [2.24, 2.45) is 11.8 Å². The van der Waals surface area contributed by atoms with Crippen LogP contribution in [0.25, 0.3) is 0 Å². The summed E-state index contributed by atoms with van der Waals surface area (Å²) in [4.78, 5) is 41.5. The quantitative estimate of drug-likeness (QED) is 0.310. The third-order valence-corrected chi connectivity index (χ3v) is 7.32. The Kier molecular flexibility index (Phi) is 12.2. The maximum Gasteiger partial charge on any atom is 0.241 e. The molecule has 0 aliphatic carbocycles. The van der Waals surface area contributed by atoms with E-state index < -0.39 is 22.4 Å². The molecule has 1 aromatic carbocycles. The van der Waals surface area contributed by atoms with Crippen molar-refractivity contribution >= 4 is 40.9 Å². The first-order chi connectivity index (χ1) is 17.7. The molecule has 1 aliphatic heterocycles. The van der Waals surface area contributed by atoms with Gasteiger partial charge in [-0.15, -0.1) is 11.8 Å². The highest BCUT2D eigenvalue weighted by Gasteiger charge is 2.45. The van der Waals surface area contributed by atoms with Crippen molar-refractivity contribution in [2.75, 3.05) is 50.4 Å². The van der Waals surface area contributed by atoms with Crippen LogP contribution in [-0.4, -0.2) is 77.9 Å². The van der Waals surface area contributed by atoms with Crippen LogP contribution < -0.4 is 16.0 Å². The Bertz CT molecular complexity index is 1040. The molecule has 1 aromatic rings. The van der Waals surface area contributed by atoms with E-state index in [4.69, 9.17) is 5.26 Å². The molecule has 37 heavy (non-hydrogen) atoms. The molecule has 3 amide bonds. The molecule has 0 saturated carbocycles. The van der Waals surface area contributed by atoms with Gasteiger partial charge in [0.05, 0.1) is 18.7 Å². The van der Waals surface area contributed by atoms with E-state index in [1.807, 2.05) is 55.3 Å². The lowest BCUT2D eigenvalue weighted by molar-refractivity contribution is -0.131. The van der Waals surface area contributed by atoms with E-state index in [9.17, 15) is 19.6 Å². The van der Waals surface area contributed by atoms with Gasteiger partial charge in [0.25, 0.3) is 0 Å². The summed E-state index contributed by atoms with van der Waals surface area (Å²) in [7, 11) is 1.93. The normalized spacial score (nSPS) is 17.8. The topological polar surface area (TPSA) is 141 Å². The lowest BCUT2D eigenvalue weighted by Gasteiger charge is -2.25. The van der Waals surface area contributed by atoms with Gasteiger partial charge in [0.1, 0.15) is 17.2 Å². The number of likely N-dealkylation sites (N-methyl/N-ethyl adjacent to an activating group) is 1. The second kappa shape index (κ2) is 15.1. The van der Waals surface area contributed by atoms with Gasteiger partial charge in [0.2, 0.25) is 17.7 Å². The number of amides is 3. The van der Waals surface area contributed by atoms with Crippen molar-refractivity contribution in [3.63, 3.8) is 0 Å². The molecule has 0 radical (unpaired) electrons. The Morgan fingerprint density at radius 1 is 1.27 bits per heavy atom. The molecule has 0 bridgehead atoms. The number of carbonyl (C=O) groups excluding carboxylic acids is 3. The maximum atomic E-state index is 13.1. The zero-order chi connectivity index (χ0) is 27.4. The van der Waals surface area contributed by atoms with Crippen LogP contribution >= 0.6 is 11.8 Å². The Balaban J connectivity index is 0. The molecular weight excluding hydrogens is 490 g/mol. The zero-order valence-electron chi connectivity index (χ0n) is 22.0. The van der Waals surface area contributed by atoms with E-state index in [2.05, 4.69) is 29.8 Å². The van der Waals surface area contributed by atoms with Crippen LogP contribution in [0, 0.1) is 34.5 Å². The molecule has 1 aliphatic rings. The summed E-state index contributed by atoms with van der Waals surface area (Å²) < 4.78 is 0. The average molecular weight is 534 g/mol. The van der Waals surface area contributed by atoms with Crippen LogP contribution in [-0.2, 0) is 14.4 Å². The van der Waals surface area contributed by atoms with Gasteiger partial charge in [-0.25, -0.2) is 0 Å². The lowest BCUT2D eigenvalue weighted by Crippen LogP contribution is -2.44. The van der Waals surface area contributed by atoms with E-state index in [1.54, 1.807) is 4.90 Å². The van der Waals surface area contributed by atoms with E-state index in [-0.39, 0.29) is 22.6 Å². The van der Waals surface area contributed by atoms with Gasteiger partial charge in [-0.3, -0.25) is 19.3 Å². The van der Waals surface area contributed by atoms with Crippen LogP contribution in [0.4, 0.5) is 11.4 Å². The monoisotopic (exact) mass is 533 g/mol. The number of thioether (sulfide) groups is 1. The Morgan fingerprint density at radius 3 is 2.65 bits per heavy atom. The molecule has 3 N–H and O–H groups in total. The third kappa shape index (κ3) is 9.27. The standard InChI is InChI=1S/C26H37N7O3S.3H2/c1-5-12-33-25(36)22(37-26(33)21(15-28)24(35)29-11-10-27)16-30-19-7-6-8-20(14-19)31-23(34)17-32(4)13-9-18(2)3;;;/h6-8,14,18,21-22,26,30H,5,9,11-13,16-17H2,1-4H3,(H,29,35)(H,31,34);3*1H/t21?,22?,26-;;;/m0.../s1. The number of hydrogen-bond acceptors (Lipinski definition) is 8. The second-order valence-electron chi connectivity index (χ2n) is 9.46. The summed E-state index contributed by atoms with van der Waals surface area (Å²) in [6.07, 6.45) is 1.71. The molecule has 0 spiro atoms. The number of nitrogens with one attached hydrogen (secondary N) is 3. The van der Waals surface area contributed by atoms with Crippen molar-refractivity contribution < 1.29 is 18.7 Å². The van der Waals surface area contributed by atoms with Crippen molar-refractivity contribution in [3.05, 3.63) is 24.3 Å². The first kappa shape index (κ1) is 29.9.